The predicted molar refractivity (Wildman–Crippen MR) is 336 cm³/mol. The van der Waals surface area contributed by atoms with Crippen molar-refractivity contribution in [2.45, 2.75) is 17.8 Å². The topological polar surface area (TPSA) is 52.8 Å². The van der Waals surface area contributed by atoms with E-state index in [0.29, 0.717) is 18.1 Å². The number of ether oxygens (including phenoxy) is 1. The lowest BCUT2D eigenvalue weighted by Gasteiger charge is -2.39. The quantitative estimate of drug-likeness (QED) is 0.160. The SMILES string of the molecule is c1ccc(-c2cc(-c3ccccc3)cc(-n3c4ccccc4c4cc(-c5ccc6c(c5)-c5ccc7c(c5C(c5nc(-c8ccccc8)nc(-c8ccccc8)n5)C6)-c5ccccc5C75c6ccccc6Oc6ccccc65)ccc43)c2)cc1. The minimum Gasteiger partial charge on any atom is -0.457 e. The fraction of sp³-hybridized carbons (Fsp3) is 0.0385. The molecule has 0 radical (unpaired) electrons. The van der Waals surface area contributed by atoms with Gasteiger partial charge in [0.05, 0.1) is 16.4 Å². The number of hydrogen-bond donors (Lipinski definition) is 0. The highest BCUT2D eigenvalue weighted by atomic mass is 16.5. The molecule has 5 nitrogen and oxygen atoms in total. The summed E-state index contributed by atoms with van der Waals surface area (Å²) in [5, 5.41) is 2.42. The molecule has 2 aliphatic carbocycles. The monoisotopic (exact) mass is 1060 g/mol. The second-order valence-electron chi connectivity index (χ2n) is 22.1. The van der Waals surface area contributed by atoms with Gasteiger partial charge in [-0.15, -0.1) is 0 Å². The van der Waals surface area contributed by atoms with Crippen LogP contribution < -0.4 is 4.74 Å². The molecule has 0 fully saturated rings. The first kappa shape index (κ1) is 47.1. The van der Waals surface area contributed by atoms with E-state index in [1.54, 1.807) is 0 Å². The van der Waals surface area contributed by atoms with Crippen molar-refractivity contribution >= 4 is 21.8 Å². The molecule has 0 saturated carbocycles. The van der Waals surface area contributed by atoms with Gasteiger partial charge in [0, 0.05) is 44.6 Å². The minimum absolute atomic E-state index is 0.231. The Morgan fingerprint density at radius 2 is 0.880 bits per heavy atom. The summed E-state index contributed by atoms with van der Waals surface area (Å²) in [4.78, 5) is 16.2. The molecule has 0 bridgehead atoms. The second kappa shape index (κ2) is 18.7. The average Bonchev–Trinajstić information content (AvgIpc) is 1.65. The fourth-order valence-corrected chi connectivity index (χ4v) is 14.0. The molecular weight excluding hydrogens is 1010 g/mol. The van der Waals surface area contributed by atoms with E-state index in [0.717, 1.165) is 61.9 Å². The number of para-hydroxylation sites is 3. The van der Waals surface area contributed by atoms with E-state index in [1.165, 1.54) is 83.1 Å². The van der Waals surface area contributed by atoms with Gasteiger partial charge in [-0.3, -0.25) is 0 Å². The zero-order valence-electron chi connectivity index (χ0n) is 45.1. The van der Waals surface area contributed by atoms with Gasteiger partial charge >= 0.3 is 0 Å². The molecular formula is C78H50N4O. The first-order chi connectivity index (χ1) is 41.1. The predicted octanol–water partition coefficient (Wildman–Crippen LogP) is 19.1. The third-order valence-corrected chi connectivity index (χ3v) is 17.6. The third-order valence-electron chi connectivity index (χ3n) is 17.6. The molecule has 3 heterocycles. The van der Waals surface area contributed by atoms with Gasteiger partial charge in [-0.1, -0.05) is 231 Å². The van der Waals surface area contributed by atoms with E-state index in [4.69, 9.17) is 19.7 Å². The molecule has 3 aliphatic rings. The summed E-state index contributed by atoms with van der Waals surface area (Å²) >= 11 is 0. The Morgan fingerprint density at radius 1 is 0.349 bits per heavy atom. The number of rotatable bonds is 7. The largest absolute Gasteiger partial charge is 0.457 e. The minimum atomic E-state index is -0.650. The van der Waals surface area contributed by atoms with Gasteiger partial charge in [-0.25, -0.2) is 15.0 Å². The van der Waals surface area contributed by atoms with Gasteiger partial charge in [-0.05, 0) is 139 Å². The summed E-state index contributed by atoms with van der Waals surface area (Å²) in [6, 6.07) is 103. The number of aromatic nitrogens is 4. The maximum absolute atomic E-state index is 6.80. The van der Waals surface area contributed by atoms with Crippen LogP contribution in [0.3, 0.4) is 0 Å². The third kappa shape index (κ3) is 7.31. The zero-order chi connectivity index (χ0) is 54.6. The Kier molecular flexibility index (Phi) is 10.6. The van der Waals surface area contributed by atoms with Gasteiger partial charge in [0.25, 0.3) is 0 Å². The van der Waals surface area contributed by atoms with E-state index in [9.17, 15) is 0 Å². The van der Waals surface area contributed by atoms with Crippen molar-refractivity contribution in [3.63, 3.8) is 0 Å². The fourth-order valence-electron chi connectivity index (χ4n) is 14.0. The van der Waals surface area contributed by atoms with E-state index in [-0.39, 0.29) is 5.92 Å². The summed E-state index contributed by atoms with van der Waals surface area (Å²) < 4.78 is 9.25. The number of nitrogens with zero attached hydrogens (tertiary/aromatic N) is 4. The van der Waals surface area contributed by atoms with Crippen molar-refractivity contribution in [3.05, 3.63) is 324 Å². The van der Waals surface area contributed by atoms with Crippen molar-refractivity contribution in [1.29, 1.82) is 0 Å². The van der Waals surface area contributed by atoms with Crippen LogP contribution in [-0.2, 0) is 11.8 Å². The van der Waals surface area contributed by atoms with Gasteiger partial charge in [0.1, 0.15) is 17.3 Å². The molecule has 83 heavy (non-hydrogen) atoms. The second-order valence-corrected chi connectivity index (χ2v) is 22.1. The highest BCUT2D eigenvalue weighted by Gasteiger charge is 2.52. The summed E-state index contributed by atoms with van der Waals surface area (Å²) in [5.74, 6) is 3.57. The summed E-state index contributed by atoms with van der Waals surface area (Å²) in [7, 11) is 0. The van der Waals surface area contributed by atoms with Crippen LogP contribution in [0.5, 0.6) is 11.5 Å². The first-order valence-corrected chi connectivity index (χ1v) is 28.6. The Morgan fingerprint density at radius 3 is 1.53 bits per heavy atom. The van der Waals surface area contributed by atoms with Crippen LogP contribution in [0.4, 0.5) is 0 Å². The van der Waals surface area contributed by atoms with Crippen molar-refractivity contribution in [2.75, 3.05) is 0 Å². The normalized spacial score (nSPS) is 14.0. The van der Waals surface area contributed by atoms with E-state index in [2.05, 4.69) is 278 Å². The highest BCUT2D eigenvalue weighted by Crippen LogP contribution is 2.65. The Balaban J connectivity index is 0.881. The van der Waals surface area contributed by atoms with Crippen LogP contribution in [0.2, 0.25) is 0 Å². The molecule has 1 aliphatic heterocycles. The van der Waals surface area contributed by atoms with Crippen LogP contribution in [0, 0.1) is 0 Å². The Labute approximate surface area is 481 Å². The molecule has 14 aromatic rings. The highest BCUT2D eigenvalue weighted by molar-refractivity contribution is 6.11. The lowest BCUT2D eigenvalue weighted by Crippen LogP contribution is -2.32. The average molecular weight is 1060 g/mol. The van der Waals surface area contributed by atoms with E-state index in [1.807, 2.05) is 12.1 Å². The molecule has 1 spiro atoms. The maximum atomic E-state index is 6.80. The lowest BCUT2D eigenvalue weighted by molar-refractivity contribution is 0.436. The molecule has 1 atom stereocenters. The van der Waals surface area contributed by atoms with Crippen molar-refractivity contribution in [2.24, 2.45) is 0 Å². The van der Waals surface area contributed by atoms with Crippen LogP contribution in [-0.4, -0.2) is 19.5 Å². The zero-order valence-corrected chi connectivity index (χ0v) is 45.1. The summed E-state index contributed by atoms with van der Waals surface area (Å²) in [5.41, 5.74) is 23.8. The number of benzene rings is 12. The lowest BCUT2D eigenvalue weighted by atomic mass is 9.65. The smallest absolute Gasteiger partial charge is 0.163 e. The van der Waals surface area contributed by atoms with Crippen molar-refractivity contribution in [3.8, 4) is 95.6 Å². The summed E-state index contributed by atoms with van der Waals surface area (Å²) in [6.07, 6.45) is 0.691. The standard InChI is InChI=1S/C78H50N4O/c1-5-21-49(22-6-1)56-43-57(50-23-7-2-8-24-50)45-58(44-56)82-69-34-18-14-29-59(69)63-47-54(39-42-70(63)82)53-37-38-55-48-64(77-80-75(51-25-9-3-10-26-51)79-76(81-77)52-27-11-4-12-28-52)73-60(62(55)46-53)40-41-68-74(73)61-30-13-15-31-65(61)78(68)66-32-16-19-35-71(66)83-72-36-20-17-33-67(72)78/h1-47,64H,48H2. The van der Waals surface area contributed by atoms with E-state index < -0.39 is 5.41 Å². The van der Waals surface area contributed by atoms with Gasteiger partial charge in [0.15, 0.2) is 11.6 Å². The van der Waals surface area contributed by atoms with Crippen LogP contribution >= 0.6 is 0 Å². The molecule has 17 rings (SSSR count). The van der Waals surface area contributed by atoms with Gasteiger partial charge in [-0.2, -0.15) is 0 Å². The Hall–Kier alpha value is -10.8. The van der Waals surface area contributed by atoms with Gasteiger partial charge < -0.3 is 9.30 Å². The van der Waals surface area contributed by atoms with Crippen LogP contribution in [0.25, 0.3) is 106 Å². The summed E-state index contributed by atoms with van der Waals surface area (Å²) in [6.45, 7) is 0. The molecule has 1 unspecified atom stereocenters. The number of fused-ring (bicyclic) bond motifs is 16. The van der Waals surface area contributed by atoms with Crippen LogP contribution in [0.15, 0.2) is 285 Å². The maximum Gasteiger partial charge on any atom is 0.163 e. The Bertz CT molecular complexity index is 4750. The molecule has 12 aromatic carbocycles. The van der Waals surface area contributed by atoms with Crippen molar-refractivity contribution in [1.82, 2.24) is 19.5 Å². The molecule has 5 heteroatoms. The van der Waals surface area contributed by atoms with Gasteiger partial charge in [0.2, 0.25) is 0 Å². The van der Waals surface area contributed by atoms with Crippen molar-refractivity contribution < 1.29 is 4.74 Å². The number of hydrogen-bond acceptors (Lipinski definition) is 4. The molecule has 0 N–H and O–H groups in total. The molecule has 388 valence electrons. The van der Waals surface area contributed by atoms with E-state index >= 15 is 0 Å². The molecule has 0 amide bonds. The van der Waals surface area contributed by atoms with Crippen LogP contribution in [0.1, 0.15) is 45.1 Å². The first-order valence-electron chi connectivity index (χ1n) is 28.6. The molecule has 2 aromatic heterocycles. The molecule has 0 saturated heterocycles.